The molecule has 17 heavy (non-hydrogen) atoms. The average Bonchev–Trinajstić information content (AvgIpc) is 2.26. The van der Waals surface area contributed by atoms with Crippen molar-refractivity contribution >= 4 is 11.8 Å². The number of amides is 2. The minimum absolute atomic E-state index is 0.167. The van der Waals surface area contributed by atoms with Gasteiger partial charge in [0.25, 0.3) is 0 Å². The highest BCUT2D eigenvalue weighted by Gasteiger charge is 2.30. The lowest BCUT2D eigenvalue weighted by molar-refractivity contribution is -0.133. The summed E-state index contributed by atoms with van der Waals surface area (Å²) in [4.78, 5) is 23.6. The van der Waals surface area contributed by atoms with E-state index in [-0.39, 0.29) is 18.4 Å². The van der Waals surface area contributed by atoms with Crippen LogP contribution in [0.1, 0.15) is 34.1 Å². The smallest absolute Gasteiger partial charge is 0.242 e. The molecule has 2 amide bonds. The Morgan fingerprint density at radius 2 is 1.82 bits per heavy atom. The number of rotatable bonds is 6. The third-order valence-corrected chi connectivity index (χ3v) is 2.70. The van der Waals surface area contributed by atoms with Crippen LogP contribution in [0.15, 0.2) is 0 Å². The van der Waals surface area contributed by atoms with E-state index in [0.29, 0.717) is 12.3 Å². The second-order valence-corrected chi connectivity index (χ2v) is 5.36. The lowest BCUT2D eigenvalue weighted by Crippen LogP contribution is -2.51. The number of likely N-dealkylation sites (N-methyl/N-ethyl adjacent to an activating group) is 1. The van der Waals surface area contributed by atoms with Crippen LogP contribution in [0.25, 0.3) is 0 Å². The highest BCUT2D eigenvalue weighted by molar-refractivity contribution is 5.89. The first kappa shape index (κ1) is 15.9. The largest absolute Gasteiger partial charge is 0.357 e. The van der Waals surface area contributed by atoms with Crippen molar-refractivity contribution in [3.8, 4) is 0 Å². The van der Waals surface area contributed by atoms with Gasteiger partial charge in [-0.2, -0.15) is 0 Å². The number of nitrogens with one attached hydrogen (secondary N) is 2. The molecule has 0 aromatic heterocycles. The Morgan fingerprint density at radius 3 is 2.18 bits per heavy atom. The number of carbonyl (C=O) groups is 2. The molecule has 0 aliphatic heterocycles. The van der Waals surface area contributed by atoms with Crippen molar-refractivity contribution in [2.45, 2.75) is 40.2 Å². The molecular weight excluding hydrogens is 218 g/mol. The van der Waals surface area contributed by atoms with Crippen molar-refractivity contribution in [1.82, 2.24) is 10.6 Å². The zero-order valence-corrected chi connectivity index (χ0v) is 11.5. The van der Waals surface area contributed by atoms with E-state index in [1.54, 1.807) is 20.9 Å². The predicted octanol–water partition coefficient (Wildman–Crippen LogP) is 0.248. The molecule has 0 spiro atoms. The quantitative estimate of drug-likeness (QED) is 0.625. The molecule has 1 unspecified atom stereocenters. The maximum absolute atomic E-state index is 11.9. The van der Waals surface area contributed by atoms with Crippen molar-refractivity contribution in [2.24, 2.45) is 17.1 Å². The monoisotopic (exact) mass is 243 g/mol. The third-order valence-electron chi connectivity index (χ3n) is 2.70. The molecule has 0 aliphatic carbocycles. The molecule has 0 saturated heterocycles. The minimum Gasteiger partial charge on any atom is -0.357 e. The van der Waals surface area contributed by atoms with Crippen molar-refractivity contribution < 1.29 is 9.59 Å². The van der Waals surface area contributed by atoms with E-state index < -0.39 is 11.5 Å². The van der Waals surface area contributed by atoms with Crippen molar-refractivity contribution in [1.29, 1.82) is 0 Å². The first-order valence-electron chi connectivity index (χ1n) is 5.97. The van der Waals surface area contributed by atoms with Gasteiger partial charge in [-0.25, -0.2) is 0 Å². The summed E-state index contributed by atoms with van der Waals surface area (Å²) in [6.07, 6.45) is 0.617. The van der Waals surface area contributed by atoms with Crippen LogP contribution in [0, 0.1) is 11.3 Å². The van der Waals surface area contributed by atoms with E-state index in [2.05, 4.69) is 10.6 Å². The summed E-state index contributed by atoms with van der Waals surface area (Å²) in [5, 5.41) is 5.32. The van der Waals surface area contributed by atoms with Gasteiger partial charge in [0.1, 0.15) is 6.04 Å². The predicted molar refractivity (Wildman–Crippen MR) is 68.3 cm³/mol. The average molecular weight is 243 g/mol. The van der Waals surface area contributed by atoms with E-state index >= 15 is 0 Å². The van der Waals surface area contributed by atoms with Crippen LogP contribution in [-0.2, 0) is 9.59 Å². The number of carbonyl (C=O) groups excluding carboxylic acids is 2. The van der Waals surface area contributed by atoms with E-state index in [0.717, 1.165) is 0 Å². The second kappa shape index (κ2) is 6.59. The van der Waals surface area contributed by atoms with Gasteiger partial charge in [0, 0.05) is 13.6 Å². The molecule has 100 valence electrons. The van der Waals surface area contributed by atoms with E-state index in [1.807, 2.05) is 13.8 Å². The van der Waals surface area contributed by atoms with Crippen LogP contribution < -0.4 is 16.4 Å². The lowest BCUT2D eigenvalue weighted by Gasteiger charge is -2.26. The van der Waals surface area contributed by atoms with Gasteiger partial charge in [-0.05, 0) is 26.2 Å². The molecule has 1 atom stereocenters. The van der Waals surface area contributed by atoms with E-state index in [4.69, 9.17) is 5.73 Å². The molecule has 5 nitrogen and oxygen atoms in total. The summed E-state index contributed by atoms with van der Waals surface area (Å²) in [7, 11) is 1.57. The fourth-order valence-electron chi connectivity index (χ4n) is 1.32. The molecule has 0 saturated carbocycles. The molecule has 0 aliphatic rings. The fraction of sp³-hybridized carbons (Fsp3) is 0.833. The topological polar surface area (TPSA) is 84.2 Å². The highest BCUT2D eigenvalue weighted by atomic mass is 16.2. The first-order chi connectivity index (χ1) is 7.74. The Morgan fingerprint density at radius 1 is 1.29 bits per heavy atom. The lowest BCUT2D eigenvalue weighted by atomic mass is 9.91. The molecule has 0 aromatic carbocycles. The molecule has 5 heteroatoms. The van der Waals surface area contributed by atoms with Crippen LogP contribution in [0.2, 0.25) is 0 Å². The maximum Gasteiger partial charge on any atom is 0.242 e. The molecule has 0 rings (SSSR count). The van der Waals surface area contributed by atoms with Gasteiger partial charge in [-0.15, -0.1) is 0 Å². The molecule has 0 bridgehead atoms. The number of hydrogen-bond acceptors (Lipinski definition) is 3. The van der Waals surface area contributed by atoms with Gasteiger partial charge in [0.2, 0.25) is 11.8 Å². The fourth-order valence-corrected chi connectivity index (χ4v) is 1.32. The third kappa shape index (κ3) is 5.17. The van der Waals surface area contributed by atoms with Crippen LogP contribution in [0.5, 0.6) is 0 Å². The first-order valence-corrected chi connectivity index (χ1v) is 5.97. The summed E-state index contributed by atoms with van der Waals surface area (Å²) in [5.41, 5.74) is 4.88. The minimum atomic E-state index is -0.650. The Labute approximate surface area is 104 Å². The van der Waals surface area contributed by atoms with Crippen molar-refractivity contribution in [3.63, 3.8) is 0 Å². The van der Waals surface area contributed by atoms with Gasteiger partial charge in [0.05, 0.1) is 5.41 Å². The summed E-state index contributed by atoms with van der Waals surface area (Å²) in [6, 6.07) is -0.488. The molecular formula is C12H25N3O2. The summed E-state index contributed by atoms with van der Waals surface area (Å²) < 4.78 is 0. The summed E-state index contributed by atoms with van der Waals surface area (Å²) >= 11 is 0. The van der Waals surface area contributed by atoms with Crippen LogP contribution >= 0.6 is 0 Å². The second-order valence-electron chi connectivity index (χ2n) is 5.36. The van der Waals surface area contributed by atoms with Gasteiger partial charge in [-0.3, -0.25) is 9.59 Å². The van der Waals surface area contributed by atoms with E-state index in [9.17, 15) is 9.59 Å². The van der Waals surface area contributed by atoms with Gasteiger partial charge < -0.3 is 16.4 Å². The maximum atomic E-state index is 11.9. The van der Waals surface area contributed by atoms with Gasteiger partial charge in [-0.1, -0.05) is 13.8 Å². The van der Waals surface area contributed by atoms with Crippen molar-refractivity contribution in [3.05, 3.63) is 0 Å². The Kier molecular flexibility index (Phi) is 6.16. The Balaban J connectivity index is 4.64. The molecule has 0 heterocycles. The molecule has 4 N–H and O–H groups in total. The normalized spacial score (nSPS) is 13.4. The van der Waals surface area contributed by atoms with Crippen LogP contribution in [0.3, 0.4) is 0 Å². The van der Waals surface area contributed by atoms with Gasteiger partial charge in [0.15, 0.2) is 0 Å². The Hall–Kier alpha value is -1.10. The molecule has 0 fully saturated rings. The number of hydrogen-bond donors (Lipinski definition) is 3. The molecule has 0 radical (unpaired) electrons. The number of nitrogens with two attached hydrogens (primary N) is 1. The van der Waals surface area contributed by atoms with E-state index in [1.165, 1.54) is 0 Å². The van der Waals surface area contributed by atoms with Crippen LogP contribution in [-0.4, -0.2) is 31.4 Å². The van der Waals surface area contributed by atoms with Crippen LogP contribution in [0.4, 0.5) is 0 Å². The zero-order chi connectivity index (χ0) is 13.6. The van der Waals surface area contributed by atoms with Gasteiger partial charge >= 0.3 is 0 Å². The highest BCUT2D eigenvalue weighted by Crippen LogP contribution is 2.14. The standard InChI is InChI=1S/C12H25N3O2/c1-8(2)6-9(10(16)14-5)15-11(17)12(3,4)7-13/h8-9H,6-7,13H2,1-5H3,(H,14,16)(H,15,17). The Bertz CT molecular complexity index is 275. The van der Waals surface area contributed by atoms with Crippen molar-refractivity contribution in [2.75, 3.05) is 13.6 Å². The summed E-state index contributed by atoms with van der Waals surface area (Å²) in [6.45, 7) is 7.80. The summed E-state index contributed by atoms with van der Waals surface area (Å²) in [5.74, 6) is -0.0206. The SMILES string of the molecule is CNC(=O)C(CC(C)C)NC(=O)C(C)(C)CN. The zero-order valence-electron chi connectivity index (χ0n) is 11.5. The molecule has 0 aromatic rings.